The molecule has 5 N–H and O–H groups in total. The SMILES string of the molecule is CCc1ccc(NC(=O)c2csc(CCN)n2)cc1S(N)(=O)=O.Cl. The van der Waals surface area contributed by atoms with Crippen LogP contribution in [0.4, 0.5) is 5.69 Å². The lowest BCUT2D eigenvalue weighted by Crippen LogP contribution is -2.17. The van der Waals surface area contributed by atoms with Gasteiger partial charge in [0.1, 0.15) is 5.69 Å². The highest BCUT2D eigenvalue weighted by Gasteiger charge is 2.16. The Bertz CT molecular complexity index is 821. The van der Waals surface area contributed by atoms with Crippen molar-refractivity contribution in [3.8, 4) is 0 Å². The number of anilines is 1. The number of rotatable bonds is 6. The molecular weight excluding hydrogens is 372 g/mol. The van der Waals surface area contributed by atoms with E-state index in [9.17, 15) is 13.2 Å². The molecule has 7 nitrogen and oxygen atoms in total. The number of carbonyl (C=O) groups is 1. The molecule has 0 atom stereocenters. The maximum absolute atomic E-state index is 12.2. The molecule has 0 fully saturated rings. The van der Waals surface area contributed by atoms with Gasteiger partial charge in [0.15, 0.2) is 0 Å². The van der Waals surface area contributed by atoms with Gasteiger partial charge in [-0.1, -0.05) is 13.0 Å². The Morgan fingerprint density at radius 3 is 2.67 bits per heavy atom. The lowest BCUT2D eigenvalue weighted by molar-refractivity contribution is 0.102. The highest BCUT2D eigenvalue weighted by Crippen LogP contribution is 2.21. The second-order valence-electron chi connectivity index (χ2n) is 4.84. The van der Waals surface area contributed by atoms with Crippen molar-refractivity contribution in [3.05, 3.63) is 39.8 Å². The van der Waals surface area contributed by atoms with E-state index in [1.165, 1.54) is 17.4 Å². The van der Waals surface area contributed by atoms with Gasteiger partial charge in [0.2, 0.25) is 10.0 Å². The third-order valence-electron chi connectivity index (χ3n) is 3.16. The average molecular weight is 391 g/mol. The summed E-state index contributed by atoms with van der Waals surface area (Å²) in [5, 5.41) is 10.3. The molecule has 1 heterocycles. The Labute approximate surface area is 150 Å². The fourth-order valence-corrected chi connectivity index (χ4v) is 3.70. The standard InChI is InChI=1S/C14H18N4O3S2.ClH/c1-2-9-3-4-10(7-12(9)23(16,20)21)17-14(19)11-8-22-13(18-11)5-6-15;/h3-4,7-8H,2,5-6,15H2,1H3,(H,17,19)(H2,16,20,21);1H. The molecule has 132 valence electrons. The van der Waals surface area contributed by atoms with Crippen LogP contribution < -0.4 is 16.2 Å². The zero-order valence-electron chi connectivity index (χ0n) is 13.0. The second kappa shape index (κ2) is 8.54. The van der Waals surface area contributed by atoms with E-state index in [0.717, 1.165) is 5.01 Å². The maximum Gasteiger partial charge on any atom is 0.275 e. The molecule has 1 amide bonds. The number of halogens is 1. The molecule has 0 radical (unpaired) electrons. The molecule has 24 heavy (non-hydrogen) atoms. The van der Waals surface area contributed by atoms with E-state index in [2.05, 4.69) is 10.3 Å². The van der Waals surface area contributed by atoms with Crippen LogP contribution in [0.25, 0.3) is 0 Å². The van der Waals surface area contributed by atoms with Gasteiger partial charge in [-0.3, -0.25) is 4.79 Å². The summed E-state index contributed by atoms with van der Waals surface area (Å²) < 4.78 is 23.3. The van der Waals surface area contributed by atoms with Gasteiger partial charge in [-0.15, -0.1) is 23.7 Å². The van der Waals surface area contributed by atoms with Crippen molar-refractivity contribution in [3.63, 3.8) is 0 Å². The smallest absolute Gasteiger partial charge is 0.275 e. The van der Waals surface area contributed by atoms with Crippen molar-refractivity contribution in [2.24, 2.45) is 10.9 Å². The van der Waals surface area contributed by atoms with Crippen LogP contribution in [0.15, 0.2) is 28.5 Å². The lowest BCUT2D eigenvalue weighted by Gasteiger charge is -2.09. The minimum absolute atomic E-state index is 0. The second-order valence-corrected chi connectivity index (χ2v) is 7.31. The van der Waals surface area contributed by atoms with Crippen molar-refractivity contribution in [2.75, 3.05) is 11.9 Å². The molecule has 1 aromatic heterocycles. The number of amides is 1. The van der Waals surface area contributed by atoms with E-state index in [4.69, 9.17) is 10.9 Å². The zero-order chi connectivity index (χ0) is 17.0. The molecule has 0 saturated carbocycles. The molecule has 0 spiro atoms. The number of sulfonamides is 1. The predicted molar refractivity (Wildman–Crippen MR) is 97.3 cm³/mol. The van der Waals surface area contributed by atoms with Crippen molar-refractivity contribution in [1.29, 1.82) is 0 Å². The first-order valence-electron chi connectivity index (χ1n) is 6.96. The van der Waals surface area contributed by atoms with E-state index >= 15 is 0 Å². The predicted octanol–water partition coefficient (Wildman–Crippen LogP) is 1.53. The van der Waals surface area contributed by atoms with Crippen molar-refractivity contribution < 1.29 is 13.2 Å². The topological polar surface area (TPSA) is 128 Å². The van der Waals surface area contributed by atoms with E-state index in [1.807, 2.05) is 6.92 Å². The summed E-state index contributed by atoms with van der Waals surface area (Å²) >= 11 is 1.36. The van der Waals surface area contributed by atoms with Crippen LogP contribution in [0.1, 0.15) is 28.0 Å². The zero-order valence-corrected chi connectivity index (χ0v) is 15.4. The fourth-order valence-electron chi connectivity index (χ4n) is 2.04. The molecule has 0 unspecified atom stereocenters. The Hall–Kier alpha value is -1.52. The van der Waals surface area contributed by atoms with Crippen LogP contribution >= 0.6 is 23.7 Å². The summed E-state index contributed by atoms with van der Waals surface area (Å²) in [6.07, 6.45) is 1.13. The summed E-state index contributed by atoms with van der Waals surface area (Å²) in [5.74, 6) is -0.408. The van der Waals surface area contributed by atoms with Gasteiger partial charge < -0.3 is 11.1 Å². The number of thiazole rings is 1. The van der Waals surface area contributed by atoms with Gasteiger partial charge in [-0.05, 0) is 30.7 Å². The first-order valence-corrected chi connectivity index (χ1v) is 9.39. The van der Waals surface area contributed by atoms with Crippen LogP contribution in [-0.4, -0.2) is 25.9 Å². The van der Waals surface area contributed by atoms with Gasteiger partial charge in [0.25, 0.3) is 5.91 Å². The molecular formula is C14H19ClN4O3S2. The van der Waals surface area contributed by atoms with Crippen LogP contribution in [0.2, 0.25) is 0 Å². The van der Waals surface area contributed by atoms with E-state index in [1.54, 1.807) is 17.5 Å². The summed E-state index contributed by atoms with van der Waals surface area (Å²) in [5.41, 5.74) is 6.68. The lowest BCUT2D eigenvalue weighted by atomic mass is 10.1. The van der Waals surface area contributed by atoms with Gasteiger partial charge in [0.05, 0.1) is 9.90 Å². The first-order chi connectivity index (χ1) is 10.8. The maximum atomic E-state index is 12.2. The summed E-state index contributed by atoms with van der Waals surface area (Å²) in [6.45, 7) is 2.29. The highest BCUT2D eigenvalue weighted by molar-refractivity contribution is 7.89. The minimum Gasteiger partial charge on any atom is -0.330 e. The molecule has 0 aliphatic carbocycles. The van der Waals surface area contributed by atoms with Gasteiger partial charge in [0, 0.05) is 17.5 Å². The molecule has 0 saturated heterocycles. The molecule has 0 bridgehead atoms. The van der Waals surface area contributed by atoms with Gasteiger partial charge in [-0.25, -0.2) is 18.5 Å². The quantitative estimate of drug-likeness (QED) is 0.688. The van der Waals surface area contributed by atoms with Gasteiger partial charge >= 0.3 is 0 Å². The Kier molecular flexibility index (Phi) is 7.30. The molecule has 0 aliphatic rings. The van der Waals surface area contributed by atoms with Gasteiger partial charge in [-0.2, -0.15) is 0 Å². The fraction of sp³-hybridized carbons (Fsp3) is 0.286. The van der Waals surface area contributed by atoms with Crippen molar-refractivity contribution in [2.45, 2.75) is 24.7 Å². The Balaban J connectivity index is 0.00000288. The highest BCUT2D eigenvalue weighted by atomic mass is 35.5. The first kappa shape index (κ1) is 20.5. The summed E-state index contributed by atoms with van der Waals surface area (Å²) in [4.78, 5) is 16.4. The number of nitrogens with zero attached hydrogens (tertiary/aromatic N) is 1. The Morgan fingerprint density at radius 1 is 1.38 bits per heavy atom. The minimum atomic E-state index is -3.85. The third kappa shape index (κ3) is 4.99. The third-order valence-corrected chi connectivity index (χ3v) is 5.06. The number of nitrogens with one attached hydrogen (secondary N) is 1. The number of nitrogens with two attached hydrogens (primary N) is 2. The van der Waals surface area contributed by atoms with Crippen LogP contribution in [0, 0.1) is 0 Å². The summed E-state index contributed by atoms with van der Waals surface area (Å²) in [6, 6.07) is 4.63. The van der Waals surface area contributed by atoms with Crippen LogP contribution in [-0.2, 0) is 22.9 Å². The summed E-state index contributed by atoms with van der Waals surface area (Å²) in [7, 11) is -3.85. The van der Waals surface area contributed by atoms with E-state index < -0.39 is 15.9 Å². The molecule has 1 aromatic carbocycles. The van der Waals surface area contributed by atoms with E-state index in [0.29, 0.717) is 30.6 Å². The van der Waals surface area contributed by atoms with Crippen LogP contribution in [0.3, 0.4) is 0 Å². The number of primary sulfonamides is 1. The number of benzene rings is 1. The number of aromatic nitrogens is 1. The molecule has 10 heteroatoms. The van der Waals surface area contributed by atoms with Crippen LogP contribution in [0.5, 0.6) is 0 Å². The normalized spacial score (nSPS) is 11.0. The average Bonchev–Trinajstić information content (AvgIpc) is 2.95. The monoisotopic (exact) mass is 390 g/mol. The Morgan fingerprint density at radius 2 is 2.08 bits per heavy atom. The largest absolute Gasteiger partial charge is 0.330 e. The number of hydrogen-bond donors (Lipinski definition) is 3. The van der Waals surface area contributed by atoms with Crippen molar-refractivity contribution in [1.82, 2.24) is 4.98 Å². The molecule has 0 aliphatic heterocycles. The van der Waals surface area contributed by atoms with E-state index in [-0.39, 0.29) is 23.0 Å². The number of hydrogen-bond acceptors (Lipinski definition) is 6. The van der Waals surface area contributed by atoms with Crippen molar-refractivity contribution >= 4 is 45.4 Å². The number of aryl methyl sites for hydroxylation is 1. The molecule has 2 aromatic rings. The number of carbonyl (C=O) groups excluding carboxylic acids is 1. The molecule has 2 rings (SSSR count).